The predicted octanol–water partition coefficient (Wildman–Crippen LogP) is 2.06. The van der Waals surface area contributed by atoms with Crippen molar-refractivity contribution in [3.63, 3.8) is 0 Å². The largest absolute Gasteiger partial charge is 0.310 e. The summed E-state index contributed by atoms with van der Waals surface area (Å²) in [6.45, 7) is 3.98. The average molecular weight is 238 g/mol. The van der Waals surface area contributed by atoms with Crippen molar-refractivity contribution in [2.45, 2.75) is 19.9 Å². The number of anilines is 1. The van der Waals surface area contributed by atoms with Crippen molar-refractivity contribution in [1.82, 2.24) is 9.78 Å². The first-order valence-electron chi connectivity index (χ1n) is 4.04. The van der Waals surface area contributed by atoms with E-state index in [0.717, 1.165) is 0 Å². The van der Waals surface area contributed by atoms with Gasteiger partial charge in [-0.25, -0.2) is 4.68 Å². The molecule has 14 heavy (non-hydrogen) atoms. The second kappa shape index (κ2) is 5.88. The Morgan fingerprint density at radius 3 is 2.86 bits per heavy atom. The number of nitrogens with zero attached hydrogens (tertiary/aromatic N) is 2. The van der Waals surface area contributed by atoms with Crippen LogP contribution in [0.1, 0.15) is 19.9 Å². The van der Waals surface area contributed by atoms with Crippen LogP contribution in [0.4, 0.5) is 5.82 Å². The summed E-state index contributed by atoms with van der Waals surface area (Å²) in [5.41, 5.74) is 0. The zero-order valence-corrected chi connectivity index (χ0v) is 9.60. The minimum atomic E-state index is -0.218. The summed E-state index contributed by atoms with van der Waals surface area (Å²) in [5.74, 6) is 0.424. The molecule has 0 aromatic carbocycles. The minimum absolute atomic E-state index is 0. The molecule has 0 aliphatic rings. The van der Waals surface area contributed by atoms with E-state index in [1.54, 1.807) is 16.9 Å². The summed E-state index contributed by atoms with van der Waals surface area (Å²) in [6.07, 6.45) is 1.64. The van der Waals surface area contributed by atoms with E-state index in [4.69, 9.17) is 11.6 Å². The summed E-state index contributed by atoms with van der Waals surface area (Å²) in [6, 6.07) is 1.96. The molecule has 80 valence electrons. The molecular formula is C8H13Cl2N3O. The molecule has 0 aliphatic carbocycles. The number of carbonyl (C=O) groups is 1. The number of hydrogen-bond donors (Lipinski definition) is 1. The van der Waals surface area contributed by atoms with Crippen LogP contribution in [0.15, 0.2) is 12.3 Å². The molecule has 1 N–H and O–H groups in total. The Morgan fingerprint density at radius 2 is 2.36 bits per heavy atom. The summed E-state index contributed by atoms with van der Waals surface area (Å²) in [4.78, 5) is 11.0. The molecule has 0 bridgehead atoms. The third kappa shape index (κ3) is 3.20. The molecule has 1 amide bonds. The van der Waals surface area contributed by atoms with Gasteiger partial charge in [-0.3, -0.25) is 4.79 Å². The van der Waals surface area contributed by atoms with Crippen LogP contribution < -0.4 is 5.32 Å². The number of alkyl halides is 1. The van der Waals surface area contributed by atoms with E-state index < -0.39 is 0 Å². The lowest BCUT2D eigenvalue weighted by molar-refractivity contribution is -0.114. The maximum atomic E-state index is 11.0. The molecule has 0 saturated heterocycles. The SMILES string of the molecule is CC(C)n1nccc1NC(=O)CCl.Cl. The van der Waals surface area contributed by atoms with Crippen molar-refractivity contribution >= 4 is 35.7 Å². The minimum Gasteiger partial charge on any atom is -0.310 e. The molecule has 4 nitrogen and oxygen atoms in total. The van der Waals surface area contributed by atoms with Crippen LogP contribution in [0.3, 0.4) is 0 Å². The smallest absolute Gasteiger partial charge is 0.240 e. The Balaban J connectivity index is 0.00000169. The van der Waals surface area contributed by atoms with E-state index >= 15 is 0 Å². The Kier molecular flexibility index (Phi) is 5.57. The molecule has 0 unspecified atom stereocenters. The molecule has 1 aromatic heterocycles. The van der Waals surface area contributed by atoms with Gasteiger partial charge in [-0.1, -0.05) is 0 Å². The zero-order chi connectivity index (χ0) is 9.84. The van der Waals surface area contributed by atoms with Gasteiger partial charge >= 0.3 is 0 Å². The molecule has 1 heterocycles. The van der Waals surface area contributed by atoms with Crippen LogP contribution in [0.25, 0.3) is 0 Å². The van der Waals surface area contributed by atoms with Crippen molar-refractivity contribution in [3.05, 3.63) is 12.3 Å². The van der Waals surface area contributed by atoms with Gasteiger partial charge in [0, 0.05) is 12.1 Å². The van der Waals surface area contributed by atoms with Gasteiger partial charge in [0.15, 0.2) is 0 Å². The van der Waals surface area contributed by atoms with Gasteiger partial charge in [0.05, 0.1) is 6.20 Å². The fraction of sp³-hybridized carbons (Fsp3) is 0.500. The Labute approximate surface area is 94.0 Å². The topological polar surface area (TPSA) is 46.9 Å². The summed E-state index contributed by atoms with van der Waals surface area (Å²) in [5, 5.41) is 6.71. The highest BCUT2D eigenvalue weighted by Gasteiger charge is 2.07. The molecule has 0 radical (unpaired) electrons. The maximum absolute atomic E-state index is 11.0. The van der Waals surface area contributed by atoms with Gasteiger partial charge in [0.2, 0.25) is 5.91 Å². The Bertz CT molecular complexity index is 299. The fourth-order valence-electron chi connectivity index (χ4n) is 1.00. The van der Waals surface area contributed by atoms with Crippen molar-refractivity contribution < 1.29 is 4.79 Å². The lowest BCUT2D eigenvalue weighted by Gasteiger charge is -2.10. The van der Waals surface area contributed by atoms with Crippen LogP contribution in [0.2, 0.25) is 0 Å². The van der Waals surface area contributed by atoms with Crippen molar-refractivity contribution in [2.24, 2.45) is 0 Å². The number of carbonyl (C=O) groups excluding carboxylic acids is 1. The summed E-state index contributed by atoms with van der Waals surface area (Å²) >= 11 is 5.36. The third-order valence-corrected chi connectivity index (χ3v) is 1.79. The highest BCUT2D eigenvalue weighted by atomic mass is 35.5. The quantitative estimate of drug-likeness (QED) is 0.819. The molecular weight excluding hydrogens is 225 g/mol. The van der Waals surface area contributed by atoms with Gasteiger partial charge in [0.1, 0.15) is 11.7 Å². The second-order valence-corrected chi connectivity index (χ2v) is 3.20. The number of hydrogen-bond acceptors (Lipinski definition) is 2. The van der Waals surface area contributed by atoms with Crippen LogP contribution in [0, 0.1) is 0 Å². The van der Waals surface area contributed by atoms with Gasteiger partial charge in [-0.05, 0) is 13.8 Å². The number of halogens is 2. The fourth-order valence-corrected chi connectivity index (χ4v) is 1.07. The molecule has 1 aromatic rings. The van der Waals surface area contributed by atoms with Gasteiger partial charge in [0.25, 0.3) is 0 Å². The van der Waals surface area contributed by atoms with E-state index in [-0.39, 0.29) is 30.2 Å². The maximum Gasteiger partial charge on any atom is 0.240 e. The normalized spacial score (nSPS) is 9.71. The first kappa shape index (κ1) is 13.3. The molecule has 6 heteroatoms. The molecule has 0 fully saturated rings. The molecule has 0 aliphatic heterocycles. The van der Waals surface area contributed by atoms with Crippen LogP contribution >= 0.6 is 24.0 Å². The Hall–Kier alpha value is -0.740. The molecule has 0 spiro atoms. The number of rotatable bonds is 3. The van der Waals surface area contributed by atoms with E-state index in [1.807, 2.05) is 13.8 Å². The standard InChI is InChI=1S/C8H12ClN3O.ClH/c1-6(2)12-7(3-4-10-12)11-8(13)5-9;/h3-4,6H,5H2,1-2H3,(H,11,13);1H. The number of aromatic nitrogens is 2. The predicted molar refractivity (Wildman–Crippen MR) is 59.2 cm³/mol. The van der Waals surface area contributed by atoms with Crippen molar-refractivity contribution in [3.8, 4) is 0 Å². The first-order valence-corrected chi connectivity index (χ1v) is 4.58. The lowest BCUT2D eigenvalue weighted by Crippen LogP contribution is -2.17. The van der Waals surface area contributed by atoms with Crippen molar-refractivity contribution in [1.29, 1.82) is 0 Å². The highest BCUT2D eigenvalue weighted by molar-refractivity contribution is 6.29. The molecule has 0 atom stereocenters. The van der Waals surface area contributed by atoms with Crippen LogP contribution in [-0.2, 0) is 4.79 Å². The average Bonchev–Trinajstić information content (AvgIpc) is 2.52. The van der Waals surface area contributed by atoms with Crippen LogP contribution in [0.5, 0.6) is 0 Å². The second-order valence-electron chi connectivity index (χ2n) is 2.94. The molecule has 1 rings (SSSR count). The monoisotopic (exact) mass is 237 g/mol. The van der Waals surface area contributed by atoms with E-state index in [1.165, 1.54) is 0 Å². The number of amides is 1. The number of nitrogens with one attached hydrogen (secondary N) is 1. The third-order valence-electron chi connectivity index (χ3n) is 1.55. The van der Waals surface area contributed by atoms with Gasteiger partial charge in [-0.2, -0.15) is 5.10 Å². The summed E-state index contributed by atoms with van der Waals surface area (Å²) in [7, 11) is 0. The van der Waals surface area contributed by atoms with Crippen molar-refractivity contribution in [2.75, 3.05) is 11.2 Å². The zero-order valence-electron chi connectivity index (χ0n) is 8.03. The van der Waals surface area contributed by atoms with E-state index in [0.29, 0.717) is 5.82 Å². The first-order chi connectivity index (χ1) is 6.15. The van der Waals surface area contributed by atoms with Crippen LogP contribution in [-0.4, -0.2) is 21.6 Å². The van der Waals surface area contributed by atoms with E-state index in [9.17, 15) is 4.79 Å². The summed E-state index contributed by atoms with van der Waals surface area (Å²) < 4.78 is 1.73. The Morgan fingerprint density at radius 1 is 1.71 bits per heavy atom. The lowest BCUT2D eigenvalue weighted by atomic mass is 10.4. The van der Waals surface area contributed by atoms with Gasteiger partial charge in [-0.15, -0.1) is 24.0 Å². The highest BCUT2D eigenvalue weighted by Crippen LogP contribution is 2.12. The van der Waals surface area contributed by atoms with Gasteiger partial charge < -0.3 is 5.32 Å². The van der Waals surface area contributed by atoms with E-state index in [2.05, 4.69) is 10.4 Å². The molecule has 0 saturated carbocycles.